The second-order valence-corrected chi connectivity index (χ2v) is 14.1. The van der Waals surface area contributed by atoms with Crippen molar-refractivity contribution >= 4 is 21.5 Å². The van der Waals surface area contributed by atoms with Crippen molar-refractivity contribution in [3.63, 3.8) is 0 Å². The maximum atomic E-state index is 3.98. The van der Waals surface area contributed by atoms with Gasteiger partial charge in [-0.15, -0.1) is 0 Å². The SMILES string of the molecule is BrC1C=CC2=C(C1)C1CCC=CC1C21C2=CC3C4CCCCC4C4CC=CC(=C2c2ccccc21)C34. The monoisotopic (exact) mass is 534 g/mol. The number of allylic oxidation sites excluding steroid dienone is 12. The minimum absolute atomic E-state index is 0.0119. The molecule has 182 valence electrons. The van der Waals surface area contributed by atoms with Gasteiger partial charge in [0.05, 0.1) is 5.41 Å². The standard InChI is InChI=1S/C35H35Br/c36-20-16-17-31-27(18-20)23-10-3-5-14-29(23)35(31)30-15-6-4-11-25(30)34-26-13-7-12-24-21-8-1-2-9-22(21)28(33(24)26)19-32(34)35/h4-7,11,13-17,19-24,28-29,33H,1-3,8-10,12,18H2. The van der Waals surface area contributed by atoms with E-state index in [1.165, 1.54) is 51.4 Å². The highest BCUT2D eigenvalue weighted by atomic mass is 79.9. The van der Waals surface area contributed by atoms with Crippen LogP contribution in [0.3, 0.4) is 0 Å². The molecule has 0 bridgehead atoms. The quantitative estimate of drug-likeness (QED) is 0.230. The molecule has 9 rings (SSSR count). The fraction of sp³-hybridized carbons (Fsp3) is 0.486. The maximum absolute atomic E-state index is 3.98. The zero-order valence-electron chi connectivity index (χ0n) is 21.0. The third kappa shape index (κ3) is 2.39. The van der Waals surface area contributed by atoms with Gasteiger partial charge in [-0.1, -0.05) is 101 Å². The first-order valence-corrected chi connectivity index (χ1v) is 15.7. The highest BCUT2D eigenvalue weighted by molar-refractivity contribution is 9.09. The van der Waals surface area contributed by atoms with Gasteiger partial charge >= 0.3 is 0 Å². The van der Waals surface area contributed by atoms with Crippen molar-refractivity contribution in [2.24, 2.45) is 41.4 Å². The molecule has 9 atom stereocenters. The molecule has 0 radical (unpaired) electrons. The molecule has 9 unspecified atom stereocenters. The Hall–Kier alpha value is -1.86. The van der Waals surface area contributed by atoms with Crippen LogP contribution >= 0.6 is 15.9 Å². The molecule has 36 heavy (non-hydrogen) atoms. The second kappa shape index (κ2) is 7.37. The molecule has 0 amide bonds. The van der Waals surface area contributed by atoms with Crippen molar-refractivity contribution in [3.8, 4) is 0 Å². The predicted molar refractivity (Wildman–Crippen MR) is 152 cm³/mol. The Kier molecular flexibility index (Phi) is 4.32. The summed E-state index contributed by atoms with van der Waals surface area (Å²) in [4.78, 5) is 0.483. The topological polar surface area (TPSA) is 0 Å². The summed E-state index contributed by atoms with van der Waals surface area (Å²) in [6.45, 7) is 0. The Bertz CT molecular complexity index is 1360. The Labute approximate surface area is 224 Å². The number of benzene rings is 1. The van der Waals surface area contributed by atoms with E-state index in [0.29, 0.717) is 16.7 Å². The third-order valence-electron chi connectivity index (χ3n) is 11.8. The van der Waals surface area contributed by atoms with Gasteiger partial charge in [0.2, 0.25) is 0 Å². The summed E-state index contributed by atoms with van der Waals surface area (Å²) in [5.41, 5.74) is 11.7. The van der Waals surface area contributed by atoms with Crippen LogP contribution in [0.1, 0.15) is 62.5 Å². The van der Waals surface area contributed by atoms with Crippen molar-refractivity contribution in [1.29, 1.82) is 0 Å². The molecule has 2 saturated carbocycles. The van der Waals surface area contributed by atoms with Crippen LogP contribution in [0.2, 0.25) is 0 Å². The van der Waals surface area contributed by atoms with Crippen molar-refractivity contribution in [3.05, 3.63) is 100 Å². The minimum atomic E-state index is 0.0119. The van der Waals surface area contributed by atoms with Gasteiger partial charge < -0.3 is 0 Å². The molecule has 0 saturated heterocycles. The Balaban J connectivity index is 1.36. The minimum Gasteiger partial charge on any atom is -0.0882 e. The van der Waals surface area contributed by atoms with Gasteiger partial charge in [-0.05, 0) is 107 Å². The van der Waals surface area contributed by atoms with E-state index >= 15 is 0 Å². The molecule has 1 aromatic rings. The molecule has 0 aliphatic heterocycles. The molecule has 0 nitrogen and oxygen atoms in total. The van der Waals surface area contributed by atoms with Crippen LogP contribution in [-0.2, 0) is 5.41 Å². The number of rotatable bonds is 0. The highest BCUT2D eigenvalue weighted by Crippen LogP contribution is 2.71. The largest absolute Gasteiger partial charge is 0.0882 e. The molecule has 8 aliphatic carbocycles. The van der Waals surface area contributed by atoms with E-state index < -0.39 is 0 Å². The van der Waals surface area contributed by atoms with Gasteiger partial charge in [0.25, 0.3) is 0 Å². The van der Waals surface area contributed by atoms with Crippen molar-refractivity contribution in [2.75, 3.05) is 0 Å². The lowest BCUT2D eigenvalue weighted by atomic mass is 9.60. The van der Waals surface area contributed by atoms with Crippen LogP contribution < -0.4 is 0 Å². The summed E-state index contributed by atoms with van der Waals surface area (Å²) in [6.07, 6.45) is 29.1. The summed E-state index contributed by atoms with van der Waals surface area (Å²) in [5.74, 6) is 5.47. The predicted octanol–water partition coefficient (Wildman–Crippen LogP) is 8.88. The Morgan fingerprint density at radius 1 is 0.889 bits per heavy atom. The Morgan fingerprint density at radius 3 is 2.72 bits per heavy atom. The zero-order chi connectivity index (χ0) is 23.6. The first kappa shape index (κ1) is 21.1. The molecule has 0 aromatic heterocycles. The van der Waals surface area contributed by atoms with E-state index in [1.54, 1.807) is 39.0 Å². The maximum Gasteiger partial charge on any atom is 0.0528 e. The number of fused-ring (bicyclic) bond motifs is 12. The lowest BCUT2D eigenvalue weighted by Crippen LogP contribution is -2.37. The second-order valence-electron chi connectivity index (χ2n) is 12.9. The zero-order valence-corrected chi connectivity index (χ0v) is 22.6. The summed E-state index contributed by atoms with van der Waals surface area (Å²) in [5, 5.41) is 0. The van der Waals surface area contributed by atoms with E-state index in [1.807, 2.05) is 0 Å². The molecular formula is C35H35Br. The van der Waals surface area contributed by atoms with E-state index in [4.69, 9.17) is 0 Å². The fourth-order valence-electron chi connectivity index (χ4n) is 10.9. The summed E-state index contributed by atoms with van der Waals surface area (Å²) >= 11 is 3.98. The summed E-state index contributed by atoms with van der Waals surface area (Å²) in [6, 6.07) is 9.60. The fourth-order valence-corrected chi connectivity index (χ4v) is 11.4. The molecule has 1 spiro atoms. The first-order chi connectivity index (χ1) is 17.8. The van der Waals surface area contributed by atoms with E-state index in [-0.39, 0.29) is 5.41 Å². The molecule has 0 N–H and O–H groups in total. The lowest BCUT2D eigenvalue weighted by molar-refractivity contribution is 0.213. The molecule has 1 heteroatoms. The van der Waals surface area contributed by atoms with Crippen LogP contribution in [0.5, 0.6) is 0 Å². The number of alkyl halides is 1. The third-order valence-corrected chi connectivity index (χ3v) is 12.5. The van der Waals surface area contributed by atoms with Crippen molar-refractivity contribution in [1.82, 2.24) is 0 Å². The number of halogens is 1. The summed E-state index contributed by atoms with van der Waals surface area (Å²) < 4.78 is 0. The Morgan fingerprint density at radius 2 is 1.78 bits per heavy atom. The summed E-state index contributed by atoms with van der Waals surface area (Å²) in [7, 11) is 0. The van der Waals surface area contributed by atoms with Crippen LogP contribution in [-0.4, -0.2) is 4.83 Å². The molecule has 2 fully saturated rings. The van der Waals surface area contributed by atoms with Gasteiger partial charge in [0, 0.05) is 10.7 Å². The van der Waals surface area contributed by atoms with Gasteiger partial charge in [-0.2, -0.15) is 0 Å². The first-order valence-electron chi connectivity index (χ1n) is 14.7. The molecule has 1 aromatic carbocycles. The molecular weight excluding hydrogens is 500 g/mol. The smallest absolute Gasteiger partial charge is 0.0528 e. The van der Waals surface area contributed by atoms with Crippen LogP contribution in [0.15, 0.2) is 89.1 Å². The van der Waals surface area contributed by atoms with Crippen molar-refractivity contribution < 1.29 is 0 Å². The molecule has 0 heterocycles. The normalized spacial score (nSPS) is 44.8. The van der Waals surface area contributed by atoms with Gasteiger partial charge in [-0.25, -0.2) is 0 Å². The van der Waals surface area contributed by atoms with Gasteiger partial charge in [0.1, 0.15) is 0 Å². The van der Waals surface area contributed by atoms with Gasteiger partial charge in [0.15, 0.2) is 0 Å². The van der Waals surface area contributed by atoms with Crippen molar-refractivity contribution in [2.45, 2.75) is 61.6 Å². The van der Waals surface area contributed by atoms with E-state index in [9.17, 15) is 0 Å². The average molecular weight is 536 g/mol. The van der Waals surface area contributed by atoms with Gasteiger partial charge in [-0.3, -0.25) is 0 Å². The van der Waals surface area contributed by atoms with Crippen LogP contribution in [0, 0.1) is 41.4 Å². The average Bonchev–Trinajstić information content (AvgIpc) is 3.52. The number of hydrogen-bond acceptors (Lipinski definition) is 0. The highest BCUT2D eigenvalue weighted by Gasteiger charge is 2.63. The lowest BCUT2D eigenvalue weighted by Gasteiger charge is -2.42. The van der Waals surface area contributed by atoms with Crippen LogP contribution in [0.4, 0.5) is 0 Å². The number of hydrogen-bond donors (Lipinski definition) is 0. The van der Waals surface area contributed by atoms with E-state index in [2.05, 4.69) is 82.7 Å². The molecule has 8 aliphatic rings. The van der Waals surface area contributed by atoms with E-state index in [0.717, 1.165) is 29.6 Å². The van der Waals surface area contributed by atoms with Crippen LogP contribution in [0.25, 0.3) is 5.57 Å².